The molecule has 21 heavy (non-hydrogen) atoms. The monoisotopic (exact) mass is 282 g/mol. The van der Waals surface area contributed by atoms with E-state index in [1.54, 1.807) is 18.2 Å². The molecule has 2 aromatic rings. The lowest BCUT2D eigenvalue weighted by atomic mass is 10.0. The Balaban J connectivity index is 1.75. The molecule has 0 fully saturated rings. The molecule has 0 bridgehead atoms. The van der Waals surface area contributed by atoms with Crippen LogP contribution in [-0.2, 0) is 17.8 Å². The number of carbonyl (C=O) groups is 1. The molecule has 105 valence electrons. The van der Waals surface area contributed by atoms with Crippen LogP contribution in [0.1, 0.15) is 16.7 Å². The van der Waals surface area contributed by atoms with Gasteiger partial charge in [0.2, 0.25) is 5.91 Å². The molecular formula is C17H13FNO2. The van der Waals surface area contributed by atoms with Crippen LogP contribution in [0.2, 0.25) is 0 Å². The van der Waals surface area contributed by atoms with Crippen molar-refractivity contribution in [3.8, 4) is 5.75 Å². The van der Waals surface area contributed by atoms with E-state index < -0.39 is 0 Å². The second kappa shape index (κ2) is 5.79. The van der Waals surface area contributed by atoms with E-state index >= 15 is 0 Å². The molecule has 0 atom stereocenters. The van der Waals surface area contributed by atoms with E-state index in [-0.39, 0.29) is 24.8 Å². The summed E-state index contributed by atoms with van der Waals surface area (Å²) in [5.41, 5.74) is 2.60. The molecule has 1 aliphatic rings. The fourth-order valence-electron chi connectivity index (χ4n) is 2.19. The maximum absolute atomic E-state index is 13.1. The maximum Gasteiger partial charge on any atom is 0.250 e. The molecule has 0 unspecified atom stereocenters. The zero-order valence-corrected chi connectivity index (χ0v) is 11.3. The fourth-order valence-corrected chi connectivity index (χ4v) is 2.19. The van der Waals surface area contributed by atoms with Gasteiger partial charge in [0.15, 0.2) is 0 Å². The molecule has 0 saturated carbocycles. The Labute approximate surface area is 122 Å². The minimum Gasteiger partial charge on any atom is -0.489 e. The first kappa shape index (κ1) is 13.4. The zero-order valence-electron chi connectivity index (χ0n) is 11.3. The van der Waals surface area contributed by atoms with Crippen molar-refractivity contribution in [2.45, 2.75) is 13.0 Å². The second-order valence-electron chi connectivity index (χ2n) is 4.79. The first-order valence-electron chi connectivity index (χ1n) is 6.61. The lowest BCUT2D eigenvalue weighted by Crippen LogP contribution is -2.11. The molecule has 1 aliphatic heterocycles. The Morgan fingerprint density at radius 2 is 2.10 bits per heavy atom. The van der Waals surface area contributed by atoms with Crippen LogP contribution in [0.25, 0.3) is 6.08 Å². The summed E-state index contributed by atoms with van der Waals surface area (Å²) in [6.45, 7) is 0.282. The summed E-state index contributed by atoms with van der Waals surface area (Å²) in [5, 5.41) is 3.77. The smallest absolute Gasteiger partial charge is 0.250 e. The number of benzene rings is 2. The molecule has 0 aromatic heterocycles. The molecule has 0 N–H and O–H groups in total. The van der Waals surface area contributed by atoms with Crippen molar-refractivity contribution in [1.82, 2.24) is 5.32 Å². The van der Waals surface area contributed by atoms with Gasteiger partial charge in [0.1, 0.15) is 18.2 Å². The third-order valence-electron chi connectivity index (χ3n) is 3.22. The first-order chi connectivity index (χ1) is 10.2. The SMILES string of the molecule is O=C1Cc2cc(OCc3cccc(F)c3)ccc2C=C[N]1. The number of halogens is 1. The Hall–Kier alpha value is -2.62. The maximum atomic E-state index is 13.1. The Bertz CT molecular complexity index is 710. The summed E-state index contributed by atoms with van der Waals surface area (Å²) in [7, 11) is 0. The number of rotatable bonds is 3. The number of amides is 1. The minimum atomic E-state index is -0.282. The second-order valence-corrected chi connectivity index (χ2v) is 4.79. The molecular weight excluding hydrogens is 269 g/mol. The summed E-state index contributed by atoms with van der Waals surface area (Å²) < 4.78 is 18.8. The van der Waals surface area contributed by atoms with Gasteiger partial charge in [0, 0.05) is 6.20 Å². The number of fused-ring (bicyclic) bond motifs is 1. The van der Waals surface area contributed by atoms with E-state index in [9.17, 15) is 9.18 Å². The summed E-state index contributed by atoms with van der Waals surface area (Å²) >= 11 is 0. The van der Waals surface area contributed by atoms with Gasteiger partial charge in [-0.3, -0.25) is 4.79 Å². The number of carbonyl (C=O) groups excluding carboxylic acids is 1. The Morgan fingerprint density at radius 3 is 2.95 bits per heavy atom. The van der Waals surface area contributed by atoms with Crippen LogP contribution in [0.5, 0.6) is 5.75 Å². The molecule has 1 heterocycles. The van der Waals surface area contributed by atoms with E-state index in [4.69, 9.17) is 4.74 Å². The standard InChI is InChI=1S/C17H13FNO2/c18-15-3-1-2-12(8-15)11-21-16-5-4-13-6-7-19-17(20)10-14(13)9-16/h1-9H,10-11H2. The Kier molecular flexibility index (Phi) is 3.69. The molecule has 3 rings (SSSR count). The van der Waals surface area contributed by atoms with Crippen molar-refractivity contribution in [2.24, 2.45) is 0 Å². The first-order valence-corrected chi connectivity index (χ1v) is 6.61. The fraction of sp³-hybridized carbons (Fsp3) is 0.118. The van der Waals surface area contributed by atoms with E-state index in [1.807, 2.05) is 18.2 Å². The summed E-state index contributed by atoms with van der Waals surface area (Å²) in [4.78, 5) is 11.5. The third kappa shape index (κ3) is 3.28. The van der Waals surface area contributed by atoms with Crippen LogP contribution < -0.4 is 10.1 Å². The van der Waals surface area contributed by atoms with Gasteiger partial charge in [-0.05, 0) is 47.0 Å². The van der Waals surface area contributed by atoms with Gasteiger partial charge in [-0.1, -0.05) is 18.2 Å². The highest BCUT2D eigenvalue weighted by Crippen LogP contribution is 2.22. The van der Waals surface area contributed by atoms with Crippen LogP contribution in [-0.4, -0.2) is 5.91 Å². The van der Waals surface area contributed by atoms with Crippen molar-refractivity contribution < 1.29 is 13.9 Å². The highest BCUT2D eigenvalue weighted by atomic mass is 19.1. The lowest BCUT2D eigenvalue weighted by molar-refractivity contribution is -0.119. The van der Waals surface area contributed by atoms with Gasteiger partial charge < -0.3 is 4.74 Å². The summed E-state index contributed by atoms with van der Waals surface area (Å²) in [5.74, 6) is 0.198. The Morgan fingerprint density at radius 1 is 1.19 bits per heavy atom. The number of nitrogens with zero attached hydrogens (tertiary/aromatic N) is 1. The van der Waals surface area contributed by atoms with Gasteiger partial charge >= 0.3 is 0 Å². The largest absolute Gasteiger partial charge is 0.489 e. The van der Waals surface area contributed by atoms with Crippen LogP contribution in [0.15, 0.2) is 48.7 Å². The van der Waals surface area contributed by atoms with Crippen LogP contribution in [0.3, 0.4) is 0 Å². The quantitative estimate of drug-likeness (QED) is 0.868. The zero-order chi connectivity index (χ0) is 14.7. The highest BCUT2D eigenvalue weighted by Gasteiger charge is 2.11. The molecule has 0 spiro atoms. The van der Waals surface area contributed by atoms with Crippen molar-refractivity contribution in [1.29, 1.82) is 0 Å². The third-order valence-corrected chi connectivity index (χ3v) is 3.22. The van der Waals surface area contributed by atoms with E-state index in [0.29, 0.717) is 5.75 Å². The molecule has 4 heteroatoms. The lowest BCUT2D eigenvalue weighted by Gasteiger charge is -2.09. The average Bonchev–Trinajstić information content (AvgIpc) is 2.65. The van der Waals surface area contributed by atoms with Gasteiger partial charge in [0.05, 0.1) is 6.42 Å². The van der Waals surface area contributed by atoms with Crippen molar-refractivity contribution >= 4 is 12.0 Å². The summed E-state index contributed by atoms with van der Waals surface area (Å²) in [6.07, 6.45) is 3.58. The predicted octanol–water partition coefficient (Wildman–Crippen LogP) is 3.06. The molecule has 1 radical (unpaired) electrons. The van der Waals surface area contributed by atoms with Gasteiger partial charge in [-0.15, -0.1) is 0 Å². The predicted molar refractivity (Wildman–Crippen MR) is 77.1 cm³/mol. The van der Waals surface area contributed by atoms with Crippen molar-refractivity contribution in [3.05, 3.63) is 71.2 Å². The van der Waals surface area contributed by atoms with Crippen molar-refractivity contribution in [2.75, 3.05) is 0 Å². The minimum absolute atomic E-state index is 0.174. The topological polar surface area (TPSA) is 40.4 Å². The van der Waals surface area contributed by atoms with Gasteiger partial charge in [-0.25, -0.2) is 9.71 Å². The molecule has 3 nitrogen and oxygen atoms in total. The van der Waals surface area contributed by atoms with Gasteiger partial charge in [-0.2, -0.15) is 0 Å². The molecule has 1 amide bonds. The molecule has 2 aromatic carbocycles. The molecule has 0 saturated heterocycles. The number of hydrogen-bond acceptors (Lipinski definition) is 2. The normalized spacial score (nSPS) is 13.3. The van der Waals surface area contributed by atoms with Gasteiger partial charge in [0.25, 0.3) is 0 Å². The number of hydrogen-bond donors (Lipinski definition) is 0. The van der Waals surface area contributed by atoms with Crippen LogP contribution in [0.4, 0.5) is 4.39 Å². The van der Waals surface area contributed by atoms with E-state index in [0.717, 1.165) is 16.7 Å². The average molecular weight is 282 g/mol. The van der Waals surface area contributed by atoms with Crippen LogP contribution >= 0.6 is 0 Å². The van der Waals surface area contributed by atoms with E-state index in [2.05, 4.69) is 5.32 Å². The number of ether oxygens (including phenoxy) is 1. The van der Waals surface area contributed by atoms with Crippen molar-refractivity contribution in [3.63, 3.8) is 0 Å². The molecule has 0 aliphatic carbocycles. The summed E-state index contributed by atoms with van der Waals surface area (Å²) in [6, 6.07) is 11.8. The van der Waals surface area contributed by atoms with Crippen LogP contribution in [0, 0.1) is 5.82 Å². The van der Waals surface area contributed by atoms with E-state index in [1.165, 1.54) is 18.3 Å². The highest BCUT2D eigenvalue weighted by molar-refractivity contribution is 5.83.